The van der Waals surface area contributed by atoms with Crippen LogP contribution in [0.5, 0.6) is 11.5 Å². The molecule has 3 rings (SSSR count). The summed E-state index contributed by atoms with van der Waals surface area (Å²) in [5.41, 5.74) is 7.60. The normalized spacial score (nSPS) is 10.3. The largest absolute Gasteiger partial charge is 0.457 e. The lowest BCUT2D eigenvalue weighted by molar-refractivity contribution is 0.100. The van der Waals surface area contributed by atoms with Crippen molar-refractivity contribution in [2.24, 2.45) is 5.73 Å². The van der Waals surface area contributed by atoms with E-state index in [4.69, 9.17) is 10.5 Å². The first-order chi connectivity index (χ1) is 11.1. The Labute approximate surface area is 133 Å². The average Bonchev–Trinajstić information content (AvgIpc) is 2.58. The first-order valence-electron chi connectivity index (χ1n) is 7.05. The Hall–Kier alpha value is -3.14. The highest BCUT2D eigenvalue weighted by atomic mass is 19.1. The maximum absolute atomic E-state index is 12.9. The second kappa shape index (κ2) is 6.32. The third-order valence-electron chi connectivity index (χ3n) is 3.38. The first-order valence-corrected chi connectivity index (χ1v) is 7.05. The number of ether oxygens (including phenoxy) is 1. The van der Waals surface area contributed by atoms with Crippen LogP contribution < -0.4 is 10.5 Å². The monoisotopic (exact) mass is 307 g/mol. The van der Waals surface area contributed by atoms with Gasteiger partial charge in [-0.15, -0.1) is 0 Å². The van der Waals surface area contributed by atoms with Gasteiger partial charge in [0, 0.05) is 5.56 Å². The molecule has 2 N–H and O–H groups in total. The van der Waals surface area contributed by atoms with Crippen LogP contribution in [0.15, 0.2) is 72.8 Å². The topological polar surface area (TPSA) is 52.3 Å². The molecule has 1 amide bonds. The third kappa shape index (κ3) is 3.55. The lowest BCUT2D eigenvalue weighted by atomic mass is 10.0. The number of amides is 1. The number of hydrogen-bond acceptors (Lipinski definition) is 2. The molecule has 4 heteroatoms. The summed E-state index contributed by atoms with van der Waals surface area (Å²) in [6.07, 6.45) is 0. The Morgan fingerprint density at radius 1 is 0.826 bits per heavy atom. The highest BCUT2D eigenvalue weighted by Gasteiger charge is 2.04. The molecule has 3 aromatic rings. The van der Waals surface area contributed by atoms with E-state index in [2.05, 4.69) is 0 Å². The lowest BCUT2D eigenvalue weighted by Crippen LogP contribution is -2.10. The minimum absolute atomic E-state index is 0.304. The maximum Gasteiger partial charge on any atom is 0.248 e. The van der Waals surface area contributed by atoms with Crippen molar-refractivity contribution in [1.29, 1.82) is 0 Å². The molecule has 0 aliphatic heterocycles. The average molecular weight is 307 g/mol. The van der Waals surface area contributed by atoms with Gasteiger partial charge in [0.15, 0.2) is 0 Å². The molecule has 0 unspecified atom stereocenters. The fraction of sp³-hybridized carbons (Fsp3) is 0. The van der Waals surface area contributed by atoms with Gasteiger partial charge in [0.25, 0.3) is 0 Å². The van der Waals surface area contributed by atoms with Gasteiger partial charge in [0.05, 0.1) is 0 Å². The molecule has 0 aliphatic rings. The van der Waals surface area contributed by atoms with E-state index in [9.17, 15) is 9.18 Å². The standard InChI is InChI=1S/C19H14FNO2/c20-16-6-10-18(11-7-16)23-17-8-4-13(5-9-17)14-2-1-3-15(12-14)19(21)22/h1-12H,(H2,21,22). The summed E-state index contributed by atoms with van der Waals surface area (Å²) in [7, 11) is 0. The van der Waals surface area contributed by atoms with E-state index in [0.717, 1.165) is 11.1 Å². The van der Waals surface area contributed by atoms with Crippen molar-refractivity contribution >= 4 is 5.91 Å². The Morgan fingerprint density at radius 3 is 2.04 bits per heavy atom. The first kappa shape index (κ1) is 14.8. The van der Waals surface area contributed by atoms with Crippen LogP contribution in [0.1, 0.15) is 10.4 Å². The second-order valence-corrected chi connectivity index (χ2v) is 5.03. The number of primary amides is 1. The zero-order valence-corrected chi connectivity index (χ0v) is 12.2. The third-order valence-corrected chi connectivity index (χ3v) is 3.38. The van der Waals surface area contributed by atoms with E-state index in [0.29, 0.717) is 17.1 Å². The van der Waals surface area contributed by atoms with Crippen LogP contribution in [0.3, 0.4) is 0 Å². The number of carbonyl (C=O) groups excluding carboxylic acids is 1. The number of rotatable bonds is 4. The molecule has 0 saturated heterocycles. The second-order valence-electron chi connectivity index (χ2n) is 5.03. The van der Waals surface area contributed by atoms with Gasteiger partial charge in [-0.2, -0.15) is 0 Å². The molecule has 0 radical (unpaired) electrons. The lowest BCUT2D eigenvalue weighted by Gasteiger charge is -2.07. The van der Waals surface area contributed by atoms with Crippen LogP contribution in [-0.4, -0.2) is 5.91 Å². The van der Waals surface area contributed by atoms with Gasteiger partial charge in [-0.05, 0) is 59.7 Å². The van der Waals surface area contributed by atoms with Gasteiger partial charge >= 0.3 is 0 Å². The summed E-state index contributed by atoms with van der Waals surface area (Å²) in [5, 5.41) is 0. The van der Waals surface area contributed by atoms with E-state index in [1.807, 2.05) is 30.3 Å². The van der Waals surface area contributed by atoms with Crippen LogP contribution in [0.2, 0.25) is 0 Å². The molecule has 3 nitrogen and oxygen atoms in total. The fourth-order valence-electron chi connectivity index (χ4n) is 2.21. The van der Waals surface area contributed by atoms with E-state index >= 15 is 0 Å². The summed E-state index contributed by atoms with van der Waals surface area (Å²) in [5.74, 6) is 0.450. The minimum Gasteiger partial charge on any atom is -0.457 e. The maximum atomic E-state index is 12.9. The van der Waals surface area contributed by atoms with Crippen LogP contribution in [0, 0.1) is 5.82 Å². The van der Waals surface area contributed by atoms with E-state index in [1.54, 1.807) is 30.3 Å². The number of benzene rings is 3. The smallest absolute Gasteiger partial charge is 0.248 e. The van der Waals surface area contributed by atoms with Gasteiger partial charge in [0.2, 0.25) is 5.91 Å². The molecule has 0 fully saturated rings. The Morgan fingerprint density at radius 2 is 1.43 bits per heavy atom. The van der Waals surface area contributed by atoms with Gasteiger partial charge in [-0.3, -0.25) is 4.79 Å². The molecule has 0 spiro atoms. The van der Waals surface area contributed by atoms with E-state index < -0.39 is 5.91 Å². The molecule has 0 bridgehead atoms. The molecular weight excluding hydrogens is 293 g/mol. The Kier molecular flexibility index (Phi) is 4.06. The van der Waals surface area contributed by atoms with Crippen molar-refractivity contribution in [3.8, 4) is 22.6 Å². The predicted octanol–water partition coefficient (Wildman–Crippen LogP) is 4.38. The number of carbonyl (C=O) groups is 1. The molecule has 0 aromatic heterocycles. The van der Waals surface area contributed by atoms with Gasteiger partial charge in [-0.25, -0.2) is 4.39 Å². The van der Waals surface area contributed by atoms with Crippen molar-refractivity contribution in [1.82, 2.24) is 0 Å². The molecular formula is C19H14FNO2. The highest BCUT2D eigenvalue weighted by Crippen LogP contribution is 2.26. The summed E-state index contributed by atoms with van der Waals surface area (Å²) in [4.78, 5) is 11.2. The number of nitrogens with two attached hydrogens (primary N) is 1. The number of halogens is 1. The number of hydrogen-bond donors (Lipinski definition) is 1. The van der Waals surface area contributed by atoms with Crippen molar-refractivity contribution in [2.75, 3.05) is 0 Å². The van der Waals surface area contributed by atoms with Gasteiger partial charge < -0.3 is 10.5 Å². The van der Waals surface area contributed by atoms with E-state index in [1.165, 1.54) is 12.1 Å². The molecule has 0 saturated carbocycles. The van der Waals surface area contributed by atoms with Crippen LogP contribution >= 0.6 is 0 Å². The molecule has 0 aliphatic carbocycles. The van der Waals surface area contributed by atoms with Crippen molar-refractivity contribution in [3.05, 3.63) is 84.2 Å². The predicted molar refractivity (Wildman–Crippen MR) is 86.9 cm³/mol. The summed E-state index contributed by atoms with van der Waals surface area (Å²) in [6.45, 7) is 0. The molecule has 23 heavy (non-hydrogen) atoms. The SMILES string of the molecule is NC(=O)c1cccc(-c2ccc(Oc3ccc(F)cc3)cc2)c1. The highest BCUT2D eigenvalue weighted by molar-refractivity contribution is 5.94. The summed E-state index contributed by atoms with van der Waals surface area (Å²) in [6, 6.07) is 20.4. The molecule has 3 aromatic carbocycles. The van der Waals surface area contributed by atoms with Crippen molar-refractivity contribution < 1.29 is 13.9 Å². The quantitative estimate of drug-likeness (QED) is 0.777. The fourth-order valence-corrected chi connectivity index (χ4v) is 2.21. The van der Waals surface area contributed by atoms with Crippen molar-refractivity contribution in [3.63, 3.8) is 0 Å². The summed E-state index contributed by atoms with van der Waals surface area (Å²) >= 11 is 0. The molecule has 0 heterocycles. The van der Waals surface area contributed by atoms with Crippen molar-refractivity contribution in [2.45, 2.75) is 0 Å². The molecule has 114 valence electrons. The van der Waals surface area contributed by atoms with Crippen LogP contribution in [0.4, 0.5) is 4.39 Å². The Bertz CT molecular complexity index is 827. The minimum atomic E-state index is -0.455. The zero-order valence-electron chi connectivity index (χ0n) is 12.2. The van der Waals surface area contributed by atoms with Crippen LogP contribution in [-0.2, 0) is 0 Å². The zero-order chi connectivity index (χ0) is 16.2. The summed E-state index contributed by atoms with van der Waals surface area (Å²) < 4.78 is 18.5. The molecule has 0 atom stereocenters. The van der Waals surface area contributed by atoms with Gasteiger partial charge in [-0.1, -0.05) is 24.3 Å². The van der Waals surface area contributed by atoms with Gasteiger partial charge in [0.1, 0.15) is 17.3 Å². The van der Waals surface area contributed by atoms with E-state index in [-0.39, 0.29) is 5.82 Å². The van der Waals surface area contributed by atoms with Crippen LogP contribution in [0.25, 0.3) is 11.1 Å². The Balaban J connectivity index is 1.80.